The predicted molar refractivity (Wildman–Crippen MR) is 106 cm³/mol. The highest BCUT2D eigenvalue weighted by atomic mass is 35.5. The number of hydrogen-bond donors (Lipinski definition) is 2. The van der Waals surface area contributed by atoms with Crippen molar-refractivity contribution in [2.45, 2.75) is 32.9 Å². The van der Waals surface area contributed by atoms with Crippen LogP contribution in [0.15, 0.2) is 36.4 Å². The molecule has 2 N–H and O–H groups in total. The topological polar surface area (TPSA) is 33.5 Å². The minimum Gasteiger partial charge on any atom is -0.324 e. The van der Waals surface area contributed by atoms with Crippen LogP contribution in [-0.4, -0.2) is 19.0 Å². The van der Waals surface area contributed by atoms with Crippen LogP contribution in [-0.2, 0) is 17.8 Å². The van der Waals surface area contributed by atoms with Crippen molar-refractivity contribution in [1.29, 1.82) is 0 Å². The summed E-state index contributed by atoms with van der Waals surface area (Å²) in [6, 6.07) is 11.3. The maximum Gasteiger partial charge on any atom is 0.282 e. The number of quaternary nitrogens is 1. The lowest BCUT2D eigenvalue weighted by atomic mass is 10.1. The highest BCUT2D eigenvalue weighted by Gasteiger charge is 2.23. The minimum atomic E-state index is -0.253. The van der Waals surface area contributed by atoms with E-state index in [0.29, 0.717) is 20.8 Å². The van der Waals surface area contributed by atoms with Crippen LogP contribution in [0.4, 0.5) is 5.69 Å². The third-order valence-corrected chi connectivity index (χ3v) is 5.35. The zero-order valence-corrected chi connectivity index (χ0v) is 16.8. The van der Waals surface area contributed by atoms with E-state index >= 15 is 0 Å². The van der Waals surface area contributed by atoms with Crippen molar-refractivity contribution < 1.29 is 9.69 Å². The molecule has 6 heteroatoms. The Hall–Kier alpha value is -1.26. The Bertz CT molecular complexity index is 747. The van der Waals surface area contributed by atoms with Crippen molar-refractivity contribution in [3.63, 3.8) is 0 Å². The fourth-order valence-electron chi connectivity index (χ4n) is 2.45. The quantitative estimate of drug-likeness (QED) is 0.698. The highest BCUT2D eigenvalue weighted by molar-refractivity contribution is 6.44. The van der Waals surface area contributed by atoms with Gasteiger partial charge in [0.2, 0.25) is 0 Å². The smallest absolute Gasteiger partial charge is 0.282 e. The molecule has 2 aromatic rings. The van der Waals surface area contributed by atoms with Gasteiger partial charge in [-0.2, -0.15) is 0 Å². The number of amides is 1. The first-order chi connectivity index (χ1) is 11.8. The molecule has 0 saturated carbocycles. The zero-order valence-electron chi connectivity index (χ0n) is 14.5. The standard InChI is InChI=1S/C19H21Cl3N2O/c1-4-13-5-7-14(8-6-13)11-24(3)12(2)19(25)23-18-10-16(21)15(20)9-17(18)22/h5-10,12H,4,11H2,1-3H3,(H,23,25)/p+1/t12-/m0/s1. The summed E-state index contributed by atoms with van der Waals surface area (Å²) in [4.78, 5) is 13.6. The second kappa shape index (κ2) is 8.91. The van der Waals surface area contributed by atoms with E-state index in [1.54, 1.807) is 6.07 Å². The summed E-state index contributed by atoms with van der Waals surface area (Å²) in [6.45, 7) is 4.77. The number of rotatable bonds is 6. The average molecular weight is 401 g/mol. The lowest BCUT2D eigenvalue weighted by Gasteiger charge is -2.21. The molecule has 0 radical (unpaired) electrons. The van der Waals surface area contributed by atoms with E-state index < -0.39 is 0 Å². The summed E-state index contributed by atoms with van der Waals surface area (Å²) in [5, 5.41) is 3.90. The molecule has 3 nitrogen and oxygen atoms in total. The number of anilines is 1. The molecular formula is C19H22Cl3N2O+. The van der Waals surface area contributed by atoms with Crippen LogP contribution in [0, 0.1) is 0 Å². The Morgan fingerprint density at radius 1 is 1.04 bits per heavy atom. The first kappa shape index (κ1) is 20.1. The monoisotopic (exact) mass is 399 g/mol. The Balaban J connectivity index is 2.02. The van der Waals surface area contributed by atoms with Gasteiger partial charge < -0.3 is 10.2 Å². The molecule has 1 unspecified atom stereocenters. The van der Waals surface area contributed by atoms with E-state index in [1.807, 2.05) is 14.0 Å². The van der Waals surface area contributed by atoms with Crippen molar-refractivity contribution >= 4 is 46.4 Å². The number of hydrogen-bond acceptors (Lipinski definition) is 1. The van der Waals surface area contributed by atoms with Crippen LogP contribution in [0.2, 0.25) is 15.1 Å². The van der Waals surface area contributed by atoms with Crippen LogP contribution in [0.5, 0.6) is 0 Å². The van der Waals surface area contributed by atoms with Gasteiger partial charge in [0.1, 0.15) is 6.54 Å². The zero-order chi connectivity index (χ0) is 18.6. The molecular weight excluding hydrogens is 379 g/mol. The van der Waals surface area contributed by atoms with Gasteiger partial charge in [-0.15, -0.1) is 0 Å². The predicted octanol–water partition coefficient (Wildman–Crippen LogP) is 4.25. The molecule has 0 heterocycles. The summed E-state index contributed by atoms with van der Waals surface area (Å²) < 4.78 is 0. The first-order valence-electron chi connectivity index (χ1n) is 8.17. The molecule has 134 valence electrons. The van der Waals surface area contributed by atoms with Crippen molar-refractivity contribution in [2.24, 2.45) is 0 Å². The van der Waals surface area contributed by atoms with E-state index in [-0.39, 0.29) is 11.9 Å². The van der Waals surface area contributed by atoms with E-state index in [4.69, 9.17) is 34.8 Å². The van der Waals surface area contributed by atoms with Crippen molar-refractivity contribution in [3.05, 3.63) is 62.6 Å². The molecule has 2 aromatic carbocycles. The molecule has 0 spiro atoms. The van der Waals surface area contributed by atoms with Crippen LogP contribution >= 0.6 is 34.8 Å². The van der Waals surface area contributed by atoms with Crippen molar-refractivity contribution in [2.75, 3.05) is 12.4 Å². The second-order valence-corrected chi connectivity index (χ2v) is 7.37. The van der Waals surface area contributed by atoms with Gasteiger partial charge in [0.05, 0.1) is 27.8 Å². The minimum absolute atomic E-state index is 0.122. The average Bonchev–Trinajstić information content (AvgIpc) is 2.59. The molecule has 2 atom stereocenters. The fraction of sp³-hybridized carbons (Fsp3) is 0.316. The molecule has 0 saturated heterocycles. The van der Waals surface area contributed by atoms with Crippen LogP contribution in [0.1, 0.15) is 25.0 Å². The van der Waals surface area contributed by atoms with Crippen LogP contribution in [0.3, 0.4) is 0 Å². The lowest BCUT2D eigenvalue weighted by Crippen LogP contribution is -3.12. The highest BCUT2D eigenvalue weighted by Crippen LogP contribution is 2.32. The van der Waals surface area contributed by atoms with Gasteiger partial charge in [0.25, 0.3) is 5.91 Å². The van der Waals surface area contributed by atoms with E-state index in [0.717, 1.165) is 17.9 Å². The van der Waals surface area contributed by atoms with Gasteiger partial charge in [-0.25, -0.2) is 0 Å². The third-order valence-electron chi connectivity index (χ3n) is 4.31. The van der Waals surface area contributed by atoms with Gasteiger partial charge >= 0.3 is 0 Å². The van der Waals surface area contributed by atoms with E-state index in [9.17, 15) is 4.79 Å². The molecule has 0 bridgehead atoms. The summed E-state index contributed by atoms with van der Waals surface area (Å²) in [5.41, 5.74) is 2.97. The van der Waals surface area contributed by atoms with Gasteiger partial charge in [-0.3, -0.25) is 4.79 Å². The maximum atomic E-state index is 12.5. The summed E-state index contributed by atoms with van der Waals surface area (Å²) in [5.74, 6) is -0.122. The van der Waals surface area contributed by atoms with Crippen molar-refractivity contribution in [1.82, 2.24) is 0 Å². The Kier molecular flexibility index (Phi) is 7.14. The molecule has 0 fully saturated rings. The fourth-order valence-corrected chi connectivity index (χ4v) is 3.05. The van der Waals surface area contributed by atoms with Gasteiger partial charge in [-0.1, -0.05) is 66.0 Å². The maximum absolute atomic E-state index is 12.5. The van der Waals surface area contributed by atoms with Gasteiger partial charge in [-0.05, 0) is 31.0 Å². The third kappa shape index (κ3) is 5.35. The summed E-state index contributed by atoms with van der Waals surface area (Å²) in [6.07, 6.45) is 1.02. The Morgan fingerprint density at radius 2 is 1.60 bits per heavy atom. The molecule has 0 aliphatic rings. The molecule has 1 amide bonds. The summed E-state index contributed by atoms with van der Waals surface area (Å²) >= 11 is 18.0. The molecule has 0 aromatic heterocycles. The Labute approximate surface area is 163 Å². The largest absolute Gasteiger partial charge is 0.324 e. The Morgan fingerprint density at radius 3 is 2.20 bits per heavy atom. The molecule has 0 aliphatic carbocycles. The van der Waals surface area contributed by atoms with Gasteiger partial charge in [0.15, 0.2) is 6.04 Å². The first-order valence-corrected chi connectivity index (χ1v) is 9.30. The SMILES string of the molecule is CCc1ccc(C[NH+](C)[C@@H](C)C(=O)Nc2cc(Cl)c(Cl)cc2Cl)cc1. The number of halogens is 3. The number of carbonyl (C=O) groups excluding carboxylic acids is 1. The van der Waals surface area contributed by atoms with Crippen molar-refractivity contribution in [3.8, 4) is 0 Å². The normalized spacial score (nSPS) is 13.4. The van der Waals surface area contributed by atoms with Crippen LogP contribution in [0.25, 0.3) is 0 Å². The number of carbonyl (C=O) groups is 1. The van der Waals surface area contributed by atoms with E-state index in [1.165, 1.54) is 17.2 Å². The summed E-state index contributed by atoms with van der Waals surface area (Å²) in [7, 11) is 1.99. The van der Waals surface area contributed by atoms with E-state index in [2.05, 4.69) is 36.5 Å². The molecule has 0 aliphatic heterocycles. The molecule has 2 rings (SSSR count). The number of nitrogens with one attached hydrogen (secondary N) is 2. The number of benzene rings is 2. The number of likely N-dealkylation sites (N-methyl/N-ethyl adjacent to an activating group) is 1. The van der Waals surface area contributed by atoms with Gasteiger partial charge in [0, 0.05) is 5.56 Å². The molecule has 25 heavy (non-hydrogen) atoms. The van der Waals surface area contributed by atoms with Crippen LogP contribution < -0.4 is 10.2 Å². The lowest BCUT2D eigenvalue weighted by molar-refractivity contribution is -0.907. The second-order valence-electron chi connectivity index (χ2n) is 6.15. The number of aryl methyl sites for hydroxylation is 1.